The van der Waals surface area contributed by atoms with Crippen LogP contribution >= 0.6 is 11.3 Å². The lowest BCUT2D eigenvalue weighted by atomic mass is 9.95. The first kappa shape index (κ1) is 13.5. The Morgan fingerprint density at radius 2 is 2.30 bits per heavy atom. The Hall–Kier alpha value is -1.52. The highest BCUT2D eigenvalue weighted by atomic mass is 32.1. The van der Waals surface area contributed by atoms with Gasteiger partial charge in [-0.1, -0.05) is 19.1 Å². The van der Waals surface area contributed by atoms with Gasteiger partial charge in [-0.05, 0) is 24.1 Å². The third-order valence-electron chi connectivity index (χ3n) is 3.63. The summed E-state index contributed by atoms with van der Waals surface area (Å²) in [6.45, 7) is 3.09. The molecule has 3 rings (SSSR count). The smallest absolute Gasteiger partial charge is 0.135 e. The first-order chi connectivity index (χ1) is 9.81. The number of nitrogens with one attached hydrogen (secondary N) is 1. The van der Waals surface area contributed by atoms with E-state index in [1.165, 1.54) is 10.4 Å². The summed E-state index contributed by atoms with van der Waals surface area (Å²) in [4.78, 5) is 1.28. The molecule has 20 heavy (non-hydrogen) atoms. The fourth-order valence-electron chi connectivity index (χ4n) is 2.66. The zero-order valence-corrected chi connectivity index (χ0v) is 12.6. The first-order valence-electron chi connectivity index (χ1n) is 6.93. The van der Waals surface area contributed by atoms with E-state index in [4.69, 9.17) is 9.47 Å². The quantitative estimate of drug-likeness (QED) is 0.925. The van der Waals surface area contributed by atoms with Crippen molar-refractivity contribution in [3.05, 3.63) is 46.2 Å². The summed E-state index contributed by atoms with van der Waals surface area (Å²) in [5.41, 5.74) is 1.22. The van der Waals surface area contributed by atoms with Crippen molar-refractivity contribution in [2.75, 3.05) is 13.7 Å². The lowest BCUT2D eigenvalue weighted by Gasteiger charge is -2.32. The van der Waals surface area contributed by atoms with Gasteiger partial charge in [0.15, 0.2) is 0 Å². The van der Waals surface area contributed by atoms with Crippen LogP contribution in [0.15, 0.2) is 35.7 Å². The van der Waals surface area contributed by atoms with E-state index in [0.29, 0.717) is 6.04 Å². The zero-order valence-electron chi connectivity index (χ0n) is 11.8. The van der Waals surface area contributed by atoms with Crippen LogP contribution in [-0.4, -0.2) is 13.7 Å². The molecule has 1 aromatic heterocycles. The molecule has 0 bridgehead atoms. The van der Waals surface area contributed by atoms with Crippen LogP contribution in [0.25, 0.3) is 0 Å². The Labute approximate surface area is 123 Å². The van der Waals surface area contributed by atoms with Crippen molar-refractivity contribution < 1.29 is 9.47 Å². The van der Waals surface area contributed by atoms with Crippen LogP contribution in [0, 0.1) is 0 Å². The molecule has 0 aliphatic carbocycles. The van der Waals surface area contributed by atoms with Crippen molar-refractivity contribution in [1.82, 2.24) is 5.32 Å². The SMILES string of the molecule is CCNC1CC(c2cccs2)Oc2cc(OC)ccc21. The zero-order chi connectivity index (χ0) is 13.9. The van der Waals surface area contributed by atoms with Crippen molar-refractivity contribution in [2.24, 2.45) is 0 Å². The topological polar surface area (TPSA) is 30.5 Å². The second-order valence-corrected chi connectivity index (χ2v) is 5.85. The minimum Gasteiger partial charge on any atom is -0.497 e. The molecule has 0 amide bonds. The van der Waals surface area contributed by atoms with E-state index in [1.54, 1.807) is 18.4 Å². The number of benzene rings is 1. The van der Waals surface area contributed by atoms with Crippen LogP contribution in [0.3, 0.4) is 0 Å². The molecule has 2 atom stereocenters. The summed E-state index contributed by atoms with van der Waals surface area (Å²) in [6, 6.07) is 10.6. The van der Waals surface area contributed by atoms with Crippen molar-refractivity contribution in [3.63, 3.8) is 0 Å². The number of rotatable bonds is 4. The number of hydrogen-bond acceptors (Lipinski definition) is 4. The van der Waals surface area contributed by atoms with E-state index in [-0.39, 0.29) is 6.10 Å². The molecule has 0 saturated carbocycles. The molecule has 1 aliphatic rings. The minimum absolute atomic E-state index is 0.124. The molecule has 2 unspecified atom stereocenters. The van der Waals surface area contributed by atoms with Crippen molar-refractivity contribution in [3.8, 4) is 11.5 Å². The van der Waals surface area contributed by atoms with Gasteiger partial charge in [0.25, 0.3) is 0 Å². The van der Waals surface area contributed by atoms with Crippen LogP contribution in [0.1, 0.15) is 35.9 Å². The average Bonchev–Trinajstić information content (AvgIpc) is 3.01. The second-order valence-electron chi connectivity index (χ2n) is 4.87. The molecule has 1 aliphatic heterocycles. The maximum atomic E-state index is 6.19. The molecule has 3 nitrogen and oxygen atoms in total. The summed E-state index contributed by atoms with van der Waals surface area (Å²) in [7, 11) is 1.68. The van der Waals surface area contributed by atoms with Crippen LogP contribution in [-0.2, 0) is 0 Å². The first-order valence-corrected chi connectivity index (χ1v) is 7.81. The normalized spacial score (nSPS) is 21.1. The number of ether oxygens (including phenoxy) is 2. The molecule has 106 valence electrons. The van der Waals surface area contributed by atoms with E-state index < -0.39 is 0 Å². The molecular weight excluding hydrogens is 270 g/mol. The molecular formula is C16H19NO2S. The molecule has 1 N–H and O–H groups in total. The van der Waals surface area contributed by atoms with E-state index in [1.807, 2.05) is 12.1 Å². The molecule has 0 spiro atoms. The number of methoxy groups -OCH3 is 1. The summed E-state index contributed by atoms with van der Waals surface area (Å²) in [5.74, 6) is 1.77. The van der Waals surface area contributed by atoms with Crippen LogP contribution in [0.4, 0.5) is 0 Å². The van der Waals surface area contributed by atoms with Crippen LogP contribution in [0.2, 0.25) is 0 Å². The number of fused-ring (bicyclic) bond motifs is 1. The van der Waals surface area contributed by atoms with Crippen molar-refractivity contribution >= 4 is 11.3 Å². The third-order valence-corrected chi connectivity index (χ3v) is 4.59. The molecule has 0 fully saturated rings. The molecule has 1 aromatic carbocycles. The maximum Gasteiger partial charge on any atom is 0.135 e. The maximum absolute atomic E-state index is 6.19. The highest BCUT2D eigenvalue weighted by Gasteiger charge is 2.29. The van der Waals surface area contributed by atoms with E-state index in [9.17, 15) is 0 Å². The number of hydrogen-bond donors (Lipinski definition) is 1. The van der Waals surface area contributed by atoms with E-state index >= 15 is 0 Å². The van der Waals surface area contributed by atoms with Gasteiger partial charge in [0.1, 0.15) is 17.6 Å². The van der Waals surface area contributed by atoms with Gasteiger partial charge in [0.05, 0.1) is 7.11 Å². The monoisotopic (exact) mass is 289 g/mol. The van der Waals surface area contributed by atoms with Gasteiger partial charge in [-0.25, -0.2) is 0 Å². The van der Waals surface area contributed by atoms with E-state index in [2.05, 4.69) is 35.8 Å². The van der Waals surface area contributed by atoms with Gasteiger partial charge < -0.3 is 14.8 Å². The van der Waals surface area contributed by atoms with Gasteiger partial charge in [-0.15, -0.1) is 11.3 Å². The summed E-state index contributed by atoms with van der Waals surface area (Å²) in [6.07, 6.45) is 1.09. The van der Waals surface area contributed by atoms with Crippen molar-refractivity contribution in [1.29, 1.82) is 0 Å². The molecule has 2 heterocycles. The predicted molar refractivity (Wildman–Crippen MR) is 81.7 cm³/mol. The lowest BCUT2D eigenvalue weighted by Crippen LogP contribution is -2.28. The molecule has 0 saturated heterocycles. The largest absolute Gasteiger partial charge is 0.497 e. The Bertz CT molecular complexity index is 568. The van der Waals surface area contributed by atoms with Gasteiger partial charge in [-0.3, -0.25) is 0 Å². The summed E-state index contributed by atoms with van der Waals surface area (Å²) >= 11 is 1.75. The Morgan fingerprint density at radius 3 is 3.00 bits per heavy atom. The van der Waals surface area contributed by atoms with Crippen molar-refractivity contribution in [2.45, 2.75) is 25.5 Å². The second kappa shape index (κ2) is 5.85. The lowest BCUT2D eigenvalue weighted by molar-refractivity contribution is 0.154. The highest BCUT2D eigenvalue weighted by molar-refractivity contribution is 7.10. The third kappa shape index (κ3) is 2.53. The van der Waals surface area contributed by atoms with Gasteiger partial charge in [0, 0.05) is 29.0 Å². The standard InChI is InChI=1S/C16H19NO2S/c1-3-17-13-10-15(16-5-4-8-20-16)19-14-9-11(18-2)6-7-12(13)14/h4-9,13,15,17H,3,10H2,1-2H3. The Kier molecular flexibility index (Phi) is 3.94. The van der Waals surface area contributed by atoms with Crippen LogP contribution < -0.4 is 14.8 Å². The Morgan fingerprint density at radius 1 is 1.40 bits per heavy atom. The Balaban J connectivity index is 1.94. The number of thiophene rings is 1. The van der Waals surface area contributed by atoms with E-state index in [0.717, 1.165) is 24.5 Å². The summed E-state index contributed by atoms with van der Waals surface area (Å²) in [5, 5.41) is 5.65. The predicted octanol–water partition coefficient (Wildman–Crippen LogP) is 3.93. The summed E-state index contributed by atoms with van der Waals surface area (Å²) < 4.78 is 11.5. The molecule has 0 radical (unpaired) electrons. The van der Waals surface area contributed by atoms with Gasteiger partial charge in [0.2, 0.25) is 0 Å². The fourth-order valence-corrected chi connectivity index (χ4v) is 3.43. The van der Waals surface area contributed by atoms with Crippen LogP contribution in [0.5, 0.6) is 11.5 Å². The van der Waals surface area contributed by atoms with Gasteiger partial charge in [-0.2, -0.15) is 0 Å². The average molecular weight is 289 g/mol. The van der Waals surface area contributed by atoms with Gasteiger partial charge >= 0.3 is 0 Å². The minimum atomic E-state index is 0.124. The fraction of sp³-hybridized carbons (Fsp3) is 0.375. The molecule has 4 heteroatoms. The highest BCUT2D eigenvalue weighted by Crippen LogP contribution is 2.43. The molecule has 2 aromatic rings.